The minimum absolute atomic E-state index is 0.321. The van der Waals surface area contributed by atoms with Crippen molar-refractivity contribution in [3.05, 3.63) is 35.2 Å². The lowest BCUT2D eigenvalue weighted by atomic mass is 10.5. The van der Waals surface area contributed by atoms with E-state index in [0.717, 1.165) is 0 Å². The Morgan fingerprint density at radius 3 is 2.71 bits per heavy atom. The van der Waals surface area contributed by atoms with E-state index < -0.39 is 0 Å². The maximum atomic E-state index is 8.56. The third-order valence-electron chi connectivity index (χ3n) is 1.56. The van der Waals surface area contributed by atoms with Gasteiger partial charge in [0.05, 0.1) is 0 Å². The number of halogens is 1. The van der Waals surface area contributed by atoms with Gasteiger partial charge in [0.1, 0.15) is 6.07 Å². The second-order valence-electron chi connectivity index (χ2n) is 2.47. The van der Waals surface area contributed by atoms with Gasteiger partial charge in [0.25, 0.3) is 0 Å². The van der Waals surface area contributed by atoms with Crippen molar-refractivity contribution >= 4 is 11.6 Å². The van der Waals surface area contributed by atoms with Crippen molar-refractivity contribution in [3.63, 3.8) is 0 Å². The summed E-state index contributed by atoms with van der Waals surface area (Å²) in [6.07, 6.45) is 1.64. The molecular weight excluding hydrogens is 202 g/mol. The number of nitriles is 1. The van der Waals surface area contributed by atoms with Gasteiger partial charge in [0.2, 0.25) is 0 Å². The molecule has 2 aromatic heterocycles. The van der Waals surface area contributed by atoms with Crippen LogP contribution in [0.5, 0.6) is 0 Å². The molecule has 0 amide bonds. The Bertz CT molecular complexity index is 481. The molecule has 0 spiro atoms. The van der Waals surface area contributed by atoms with E-state index in [0.29, 0.717) is 16.7 Å². The van der Waals surface area contributed by atoms with Crippen LogP contribution >= 0.6 is 11.6 Å². The van der Waals surface area contributed by atoms with Crippen LogP contribution in [0.1, 0.15) is 5.69 Å². The van der Waals surface area contributed by atoms with E-state index in [2.05, 4.69) is 15.3 Å². The van der Waals surface area contributed by atoms with Gasteiger partial charge in [-0.15, -0.1) is 10.2 Å². The molecule has 2 rings (SSSR count). The van der Waals surface area contributed by atoms with Crippen molar-refractivity contribution in [1.29, 1.82) is 5.26 Å². The zero-order valence-electron chi connectivity index (χ0n) is 6.92. The van der Waals surface area contributed by atoms with Gasteiger partial charge in [-0.1, -0.05) is 11.6 Å². The summed E-state index contributed by atoms with van der Waals surface area (Å²) in [5.74, 6) is 0.524. The Balaban J connectivity index is 2.40. The maximum Gasteiger partial charge on any atom is 0.175 e. The fraction of sp³-hybridized carbons (Fsp3) is 0. The van der Waals surface area contributed by atoms with Crippen LogP contribution in [-0.4, -0.2) is 20.0 Å². The van der Waals surface area contributed by atoms with Crippen molar-refractivity contribution in [3.8, 4) is 11.9 Å². The second kappa shape index (κ2) is 3.44. The van der Waals surface area contributed by atoms with Crippen LogP contribution < -0.4 is 0 Å². The van der Waals surface area contributed by atoms with Gasteiger partial charge in [-0.05, 0) is 18.2 Å². The summed E-state index contributed by atoms with van der Waals surface area (Å²) < 4.78 is 1.46. The number of nitrogens with zero attached hydrogens (tertiary/aromatic N) is 5. The van der Waals surface area contributed by atoms with Crippen LogP contribution in [0.25, 0.3) is 5.82 Å². The first-order valence-corrected chi connectivity index (χ1v) is 4.13. The van der Waals surface area contributed by atoms with E-state index in [4.69, 9.17) is 16.9 Å². The van der Waals surface area contributed by atoms with Crippen molar-refractivity contribution < 1.29 is 0 Å². The third-order valence-corrected chi connectivity index (χ3v) is 1.76. The number of aromatic nitrogens is 4. The number of hydrogen-bond donors (Lipinski definition) is 0. The summed E-state index contributed by atoms with van der Waals surface area (Å²) in [7, 11) is 0. The Morgan fingerprint density at radius 1 is 1.29 bits per heavy atom. The molecule has 0 saturated heterocycles. The number of rotatable bonds is 1. The van der Waals surface area contributed by atoms with E-state index in [1.165, 1.54) is 4.68 Å². The predicted octanol–water partition coefficient (Wildman–Crippen LogP) is 1.19. The smallest absolute Gasteiger partial charge is 0.175 e. The normalized spacial score (nSPS) is 9.71. The zero-order chi connectivity index (χ0) is 9.97. The van der Waals surface area contributed by atoms with Gasteiger partial charge in [0.15, 0.2) is 16.7 Å². The first kappa shape index (κ1) is 8.66. The van der Waals surface area contributed by atoms with Crippen LogP contribution in [0.3, 0.4) is 0 Å². The lowest BCUT2D eigenvalue weighted by Crippen LogP contribution is -1.99. The fourth-order valence-electron chi connectivity index (χ4n) is 0.942. The van der Waals surface area contributed by atoms with E-state index in [1.54, 1.807) is 24.4 Å². The SMILES string of the molecule is N#Cc1ccn(-c2ccc(Cl)nn2)n1. The topological polar surface area (TPSA) is 67.4 Å². The Labute approximate surface area is 84.6 Å². The summed E-state index contributed by atoms with van der Waals surface area (Å²) in [5, 5.41) is 20.3. The molecule has 2 aromatic rings. The van der Waals surface area contributed by atoms with E-state index in [1.807, 2.05) is 6.07 Å². The van der Waals surface area contributed by atoms with Gasteiger partial charge in [-0.3, -0.25) is 0 Å². The monoisotopic (exact) mass is 205 g/mol. The molecule has 14 heavy (non-hydrogen) atoms. The van der Waals surface area contributed by atoms with Crippen LogP contribution in [0.15, 0.2) is 24.4 Å². The average Bonchev–Trinajstić information content (AvgIpc) is 2.67. The molecule has 0 unspecified atom stereocenters. The van der Waals surface area contributed by atoms with E-state index in [9.17, 15) is 0 Å². The standard InChI is InChI=1S/C8H4ClN5/c9-7-1-2-8(12-11-7)14-4-3-6(5-10)13-14/h1-4H. The highest BCUT2D eigenvalue weighted by Gasteiger charge is 2.01. The highest BCUT2D eigenvalue weighted by Crippen LogP contribution is 2.06. The average molecular weight is 206 g/mol. The molecule has 68 valence electrons. The quantitative estimate of drug-likeness (QED) is 0.701. The zero-order valence-corrected chi connectivity index (χ0v) is 7.68. The largest absolute Gasteiger partial charge is 0.220 e. The molecule has 0 saturated carbocycles. The maximum absolute atomic E-state index is 8.56. The predicted molar refractivity (Wildman–Crippen MR) is 48.9 cm³/mol. The highest BCUT2D eigenvalue weighted by molar-refractivity contribution is 6.29. The molecule has 5 nitrogen and oxygen atoms in total. The molecule has 0 bridgehead atoms. The van der Waals surface area contributed by atoms with Crippen molar-refractivity contribution in [1.82, 2.24) is 20.0 Å². The van der Waals surface area contributed by atoms with Gasteiger partial charge in [-0.25, -0.2) is 4.68 Å². The Morgan fingerprint density at radius 2 is 2.14 bits per heavy atom. The van der Waals surface area contributed by atoms with Crippen molar-refractivity contribution in [2.75, 3.05) is 0 Å². The van der Waals surface area contributed by atoms with Crippen LogP contribution in [-0.2, 0) is 0 Å². The lowest BCUT2D eigenvalue weighted by molar-refractivity contribution is 0.810. The third kappa shape index (κ3) is 1.56. The molecule has 2 heterocycles. The van der Waals surface area contributed by atoms with Gasteiger partial charge in [0, 0.05) is 6.20 Å². The van der Waals surface area contributed by atoms with Gasteiger partial charge >= 0.3 is 0 Å². The first-order chi connectivity index (χ1) is 6.79. The fourth-order valence-corrected chi connectivity index (χ4v) is 1.04. The minimum atomic E-state index is 0.321. The molecule has 0 aliphatic carbocycles. The Hall–Kier alpha value is -1.93. The molecule has 0 atom stereocenters. The van der Waals surface area contributed by atoms with Crippen molar-refractivity contribution in [2.24, 2.45) is 0 Å². The van der Waals surface area contributed by atoms with Crippen LogP contribution in [0.4, 0.5) is 0 Å². The Kier molecular flexibility index (Phi) is 2.13. The van der Waals surface area contributed by atoms with Crippen LogP contribution in [0.2, 0.25) is 5.15 Å². The molecule has 0 aliphatic rings. The molecular formula is C8H4ClN5. The highest BCUT2D eigenvalue weighted by atomic mass is 35.5. The molecule has 6 heteroatoms. The lowest BCUT2D eigenvalue weighted by Gasteiger charge is -1.96. The summed E-state index contributed by atoms with van der Waals surface area (Å²) >= 11 is 5.58. The van der Waals surface area contributed by atoms with Crippen molar-refractivity contribution in [2.45, 2.75) is 0 Å². The van der Waals surface area contributed by atoms with E-state index in [-0.39, 0.29) is 0 Å². The van der Waals surface area contributed by atoms with Gasteiger partial charge < -0.3 is 0 Å². The number of hydrogen-bond acceptors (Lipinski definition) is 4. The molecule has 0 N–H and O–H groups in total. The first-order valence-electron chi connectivity index (χ1n) is 3.75. The van der Waals surface area contributed by atoms with Gasteiger partial charge in [-0.2, -0.15) is 10.4 Å². The summed E-state index contributed by atoms with van der Waals surface area (Å²) in [4.78, 5) is 0. The summed E-state index contributed by atoms with van der Waals surface area (Å²) in [6, 6.07) is 6.79. The van der Waals surface area contributed by atoms with Crippen LogP contribution in [0, 0.1) is 11.3 Å². The molecule has 0 aromatic carbocycles. The van der Waals surface area contributed by atoms with E-state index >= 15 is 0 Å². The molecule has 0 aliphatic heterocycles. The summed E-state index contributed by atoms with van der Waals surface area (Å²) in [5.41, 5.74) is 0.335. The summed E-state index contributed by atoms with van der Waals surface area (Å²) in [6.45, 7) is 0. The molecule has 0 fully saturated rings. The second-order valence-corrected chi connectivity index (χ2v) is 2.86. The minimum Gasteiger partial charge on any atom is -0.220 e. The molecule has 0 radical (unpaired) electrons.